The quantitative estimate of drug-likeness (QED) is 0.365. The Morgan fingerprint density at radius 3 is 2.56 bits per heavy atom. The van der Waals surface area contributed by atoms with Gasteiger partial charge in [0.05, 0.1) is 6.04 Å². The maximum atomic E-state index is 8.71. The van der Waals surface area contributed by atoms with Crippen LogP contribution in [0.3, 0.4) is 0 Å². The van der Waals surface area contributed by atoms with E-state index in [9.17, 15) is 0 Å². The van der Waals surface area contributed by atoms with Crippen molar-refractivity contribution in [2.45, 2.75) is 25.3 Å². The highest BCUT2D eigenvalue weighted by molar-refractivity contribution is 9.10. The fourth-order valence-corrected chi connectivity index (χ4v) is 1.75. The van der Waals surface area contributed by atoms with E-state index in [1.165, 1.54) is 0 Å². The Morgan fingerprint density at radius 2 is 2.00 bits per heavy atom. The Hall–Kier alpha value is -1.03. The lowest BCUT2D eigenvalue weighted by molar-refractivity contribution is 0.281. The van der Waals surface area contributed by atoms with Crippen LogP contribution in [-0.4, -0.2) is 11.7 Å². The number of benzene rings is 1. The summed E-state index contributed by atoms with van der Waals surface area (Å²) < 4.78 is 1.01. The summed E-state index contributed by atoms with van der Waals surface area (Å²) in [4.78, 5) is 2.86. The van der Waals surface area contributed by atoms with Crippen LogP contribution in [0.1, 0.15) is 30.9 Å². The molecule has 0 radical (unpaired) electrons. The molecular formula is C11H14BrN3O. The number of azide groups is 1. The second kappa shape index (κ2) is 7.28. The Kier molecular flexibility index (Phi) is 5.93. The third-order valence-electron chi connectivity index (χ3n) is 2.33. The zero-order valence-electron chi connectivity index (χ0n) is 8.88. The average molecular weight is 284 g/mol. The third kappa shape index (κ3) is 4.23. The average Bonchev–Trinajstić information content (AvgIpc) is 2.29. The SMILES string of the molecule is [N-]=[N+]=NC(CCCCO)c1ccc(Br)cc1. The molecule has 0 spiro atoms. The summed E-state index contributed by atoms with van der Waals surface area (Å²) >= 11 is 3.36. The predicted octanol–water partition coefficient (Wildman–Crippen LogP) is 3.96. The van der Waals surface area contributed by atoms with Crippen LogP contribution >= 0.6 is 15.9 Å². The molecule has 0 aromatic heterocycles. The molecule has 0 aliphatic rings. The van der Waals surface area contributed by atoms with E-state index < -0.39 is 0 Å². The Bertz CT molecular complexity index is 360. The first kappa shape index (κ1) is 13.0. The van der Waals surface area contributed by atoms with Crippen LogP contribution in [0.15, 0.2) is 33.9 Å². The maximum Gasteiger partial charge on any atom is 0.0625 e. The van der Waals surface area contributed by atoms with Crippen LogP contribution in [-0.2, 0) is 0 Å². The third-order valence-corrected chi connectivity index (χ3v) is 2.86. The summed E-state index contributed by atoms with van der Waals surface area (Å²) in [6.45, 7) is 0.184. The highest BCUT2D eigenvalue weighted by atomic mass is 79.9. The molecule has 0 saturated carbocycles. The van der Waals surface area contributed by atoms with E-state index in [1.54, 1.807) is 0 Å². The molecule has 0 fully saturated rings. The number of rotatable bonds is 6. The molecule has 0 bridgehead atoms. The van der Waals surface area contributed by atoms with Gasteiger partial charge in [0.1, 0.15) is 0 Å². The summed E-state index contributed by atoms with van der Waals surface area (Å²) in [6, 6.07) is 7.62. The second-order valence-electron chi connectivity index (χ2n) is 3.49. The molecule has 1 atom stereocenters. The summed E-state index contributed by atoms with van der Waals surface area (Å²) in [7, 11) is 0. The highest BCUT2D eigenvalue weighted by Gasteiger charge is 2.08. The molecule has 1 rings (SSSR count). The number of unbranched alkanes of at least 4 members (excludes halogenated alkanes) is 1. The first-order chi connectivity index (χ1) is 7.77. The maximum absolute atomic E-state index is 8.71. The molecular weight excluding hydrogens is 270 g/mol. The summed E-state index contributed by atoms with van der Waals surface area (Å²) in [5, 5.41) is 12.5. The Balaban J connectivity index is 2.69. The summed E-state index contributed by atoms with van der Waals surface area (Å²) in [5.74, 6) is 0. The number of hydrogen-bond donors (Lipinski definition) is 1. The predicted molar refractivity (Wildman–Crippen MR) is 67.0 cm³/mol. The van der Waals surface area contributed by atoms with Gasteiger partial charge in [0, 0.05) is 16.0 Å². The molecule has 4 nitrogen and oxygen atoms in total. The van der Waals surface area contributed by atoms with Gasteiger partial charge in [-0.2, -0.15) is 0 Å². The minimum Gasteiger partial charge on any atom is -0.396 e. The first-order valence-electron chi connectivity index (χ1n) is 5.18. The lowest BCUT2D eigenvalue weighted by atomic mass is 10.0. The van der Waals surface area contributed by atoms with E-state index >= 15 is 0 Å². The van der Waals surface area contributed by atoms with E-state index in [0.29, 0.717) is 0 Å². The van der Waals surface area contributed by atoms with Gasteiger partial charge in [0.25, 0.3) is 0 Å². The molecule has 0 heterocycles. The van der Waals surface area contributed by atoms with Crippen LogP contribution in [0.5, 0.6) is 0 Å². The van der Waals surface area contributed by atoms with Gasteiger partial charge in [-0.1, -0.05) is 39.6 Å². The molecule has 1 unspecified atom stereocenters. The Labute approximate surface area is 103 Å². The molecule has 0 aliphatic heterocycles. The van der Waals surface area contributed by atoms with Crippen LogP contribution in [0.2, 0.25) is 0 Å². The summed E-state index contributed by atoms with van der Waals surface area (Å²) in [6.07, 6.45) is 2.37. The monoisotopic (exact) mass is 283 g/mol. The van der Waals surface area contributed by atoms with Gasteiger partial charge in [0.15, 0.2) is 0 Å². The standard InChI is InChI=1S/C11H14BrN3O/c12-10-6-4-9(5-7-10)11(14-15-13)3-1-2-8-16/h4-7,11,16H,1-3,8H2. The molecule has 1 N–H and O–H groups in total. The second-order valence-corrected chi connectivity index (χ2v) is 4.41. The van der Waals surface area contributed by atoms with Crippen molar-refractivity contribution in [1.82, 2.24) is 0 Å². The van der Waals surface area contributed by atoms with Crippen LogP contribution in [0.25, 0.3) is 10.4 Å². The fraction of sp³-hybridized carbons (Fsp3) is 0.455. The minimum atomic E-state index is -0.135. The van der Waals surface area contributed by atoms with Crippen molar-refractivity contribution in [3.8, 4) is 0 Å². The van der Waals surface area contributed by atoms with Crippen LogP contribution < -0.4 is 0 Å². The molecule has 1 aromatic carbocycles. The lowest BCUT2D eigenvalue weighted by Crippen LogP contribution is -1.95. The Morgan fingerprint density at radius 1 is 1.31 bits per heavy atom. The number of aliphatic hydroxyl groups is 1. The van der Waals surface area contributed by atoms with E-state index in [0.717, 1.165) is 29.3 Å². The van der Waals surface area contributed by atoms with Gasteiger partial charge in [-0.25, -0.2) is 0 Å². The number of nitrogens with zero attached hydrogens (tertiary/aromatic N) is 3. The molecule has 0 saturated heterocycles. The van der Waals surface area contributed by atoms with Crippen molar-refractivity contribution in [3.63, 3.8) is 0 Å². The van der Waals surface area contributed by atoms with Gasteiger partial charge >= 0.3 is 0 Å². The topological polar surface area (TPSA) is 69.0 Å². The summed E-state index contributed by atoms with van der Waals surface area (Å²) in [5.41, 5.74) is 9.52. The van der Waals surface area contributed by atoms with Gasteiger partial charge in [-0.3, -0.25) is 0 Å². The van der Waals surface area contributed by atoms with Crippen molar-refractivity contribution < 1.29 is 5.11 Å². The molecule has 0 amide bonds. The number of aliphatic hydroxyl groups excluding tert-OH is 1. The lowest BCUT2D eigenvalue weighted by Gasteiger charge is -2.10. The molecule has 0 aliphatic carbocycles. The molecule has 86 valence electrons. The molecule has 1 aromatic rings. The van der Waals surface area contributed by atoms with E-state index in [-0.39, 0.29) is 12.6 Å². The van der Waals surface area contributed by atoms with Gasteiger partial charge in [0.2, 0.25) is 0 Å². The normalized spacial score (nSPS) is 11.9. The van der Waals surface area contributed by atoms with Crippen molar-refractivity contribution >= 4 is 15.9 Å². The smallest absolute Gasteiger partial charge is 0.0625 e. The largest absolute Gasteiger partial charge is 0.396 e. The van der Waals surface area contributed by atoms with Crippen LogP contribution in [0, 0.1) is 0 Å². The zero-order chi connectivity index (χ0) is 11.8. The number of hydrogen-bond acceptors (Lipinski definition) is 2. The van der Waals surface area contributed by atoms with Crippen molar-refractivity contribution in [2.75, 3.05) is 6.61 Å². The fourth-order valence-electron chi connectivity index (χ4n) is 1.49. The van der Waals surface area contributed by atoms with E-state index in [2.05, 4.69) is 26.0 Å². The van der Waals surface area contributed by atoms with Crippen LogP contribution in [0.4, 0.5) is 0 Å². The van der Waals surface area contributed by atoms with Crippen molar-refractivity contribution in [2.24, 2.45) is 5.11 Å². The van der Waals surface area contributed by atoms with E-state index in [4.69, 9.17) is 10.6 Å². The van der Waals surface area contributed by atoms with Crippen molar-refractivity contribution in [3.05, 3.63) is 44.7 Å². The molecule has 16 heavy (non-hydrogen) atoms. The van der Waals surface area contributed by atoms with Gasteiger partial charge < -0.3 is 5.11 Å². The van der Waals surface area contributed by atoms with Gasteiger partial charge in [-0.15, -0.1) is 0 Å². The highest BCUT2D eigenvalue weighted by Crippen LogP contribution is 2.25. The van der Waals surface area contributed by atoms with Crippen molar-refractivity contribution in [1.29, 1.82) is 0 Å². The minimum absolute atomic E-state index is 0.135. The zero-order valence-corrected chi connectivity index (χ0v) is 10.5. The van der Waals surface area contributed by atoms with Gasteiger partial charge in [-0.05, 0) is 36.1 Å². The van der Waals surface area contributed by atoms with E-state index in [1.807, 2.05) is 24.3 Å². The molecule has 5 heteroatoms. The first-order valence-corrected chi connectivity index (χ1v) is 5.97. The number of halogens is 1.